The van der Waals surface area contributed by atoms with Crippen LogP contribution in [0.5, 0.6) is 0 Å². The second-order valence-electron chi connectivity index (χ2n) is 11.0. The van der Waals surface area contributed by atoms with Gasteiger partial charge in [-0.15, -0.1) is 0 Å². The highest BCUT2D eigenvalue weighted by atomic mass is 16.7. The summed E-state index contributed by atoms with van der Waals surface area (Å²) in [6.07, 6.45) is 3.57. The molecular formula is C32H31NO7. The van der Waals surface area contributed by atoms with Crippen LogP contribution in [0.15, 0.2) is 72.0 Å². The van der Waals surface area contributed by atoms with Crippen molar-refractivity contribution < 1.29 is 33.7 Å². The molecule has 4 aromatic rings. The molecule has 0 unspecified atom stereocenters. The van der Waals surface area contributed by atoms with Gasteiger partial charge in [0.05, 0.1) is 27.4 Å². The Morgan fingerprint density at radius 1 is 0.975 bits per heavy atom. The van der Waals surface area contributed by atoms with Gasteiger partial charge in [0.2, 0.25) is 5.76 Å². The molecule has 8 nitrogen and oxygen atoms in total. The van der Waals surface area contributed by atoms with Gasteiger partial charge in [-0.25, -0.2) is 9.59 Å². The van der Waals surface area contributed by atoms with Crippen molar-refractivity contribution in [3.05, 3.63) is 77.6 Å². The molecule has 1 fully saturated rings. The van der Waals surface area contributed by atoms with Gasteiger partial charge in [0, 0.05) is 5.41 Å². The second-order valence-corrected chi connectivity index (χ2v) is 11.0. The molecule has 2 aliphatic heterocycles. The number of hydroxylamine groups is 2. The van der Waals surface area contributed by atoms with Crippen molar-refractivity contribution in [3.8, 4) is 0 Å². The van der Waals surface area contributed by atoms with E-state index in [1.54, 1.807) is 0 Å². The monoisotopic (exact) mass is 541 g/mol. The van der Waals surface area contributed by atoms with Crippen LogP contribution in [0.25, 0.3) is 38.4 Å². The number of aliphatic hydroxyl groups is 1. The predicted molar refractivity (Wildman–Crippen MR) is 151 cm³/mol. The lowest BCUT2D eigenvalue weighted by Gasteiger charge is -2.32. The minimum Gasteiger partial charge on any atom is -0.465 e. The molecule has 0 radical (unpaired) electrons. The number of carbonyl (C=O) groups is 2. The fraction of sp³-hybridized carbons (Fsp3) is 0.312. The van der Waals surface area contributed by atoms with Crippen molar-refractivity contribution in [1.82, 2.24) is 5.06 Å². The third kappa shape index (κ3) is 3.78. The van der Waals surface area contributed by atoms with E-state index in [4.69, 9.17) is 19.0 Å². The first-order valence-corrected chi connectivity index (χ1v) is 13.2. The zero-order chi connectivity index (χ0) is 28.2. The van der Waals surface area contributed by atoms with Gasteiger partial charge < -0.3 is 24.2 Å². The Balaban J connectivity index is 1.55. The Bertz CT molecular complexity index is 1690. The first-order valence-electron chi connectivity index (χ1n) is 13.2. The number of rotatable bonds is 7. The van der Waals surface area contributed by atoms with Gasteiger partial charge in [0.25, 0.3) is 0 Å². The standard InChI is InChI=1S/C32H31NO7/c1-31(2)18-32(26(28(35)37-3)27(29(36)38-4)40-33(32)30(31)39-17-16-34)15-14-19-8-9-22-11-10-20-6-5-7-21-12-13-23(19)25(22)24(20)21/h5-15,30,34H,16-18H2,1-4H3/b15-14+/t30-,32+/m0/s1. The zero-order valence-corrected chi connectivity index (χ0v) is 22.9. The number of aliphatic hydroxyl groups excluding tert-OH is 1. The number of fused-ring (bicyclic) bond motifs is 1. The van der Waals surface area contributed by atoms with E-state index in [9.17, 15) is 14.7 Å². The minimum atomic E-state index is -1.19. The van der Waals surface area contributed by atoms with E-state index in [0.717, 1.165) is 16.3 Å². The summed E-state index contributed by atoms with van der Waals surface area (Å²) in [6.45, 7) is 3.86. The Kier molecular flexibility index (Phi) is 6.29. The normalized spacial score (nSPS) is 22.5. The number of hydrogen-bond donors (Lipinski definition) is 1. The fourth-order valence-corrected chi connectivity index (χ4v) is 6.46. The predicted octanol–water partition coefficient (Wildman–Crippen LogP) is 4.95. The number of nitrogens with zero attached hydrogens (tertiary/aromatic N) is 1. The highest BCUT2D eigenvalue weighted by Gasteiger charge is 2.65. The maximum Gasteiger partial charge on any atom is 0.376 e. The number of ether oxygens (including phenoxy) is 3. The van der Waals surface area contributed by atoms with Gasteiger partial charge >= 0.3 is 11.9 Å². The molecule has 8 heteroatoms. The molecule has 0 bridgehead atoms. The third-order valence-corrected chi connectivity index (χ3v) is 8.08. The average Bonchev–Trinajstić information content (AvgIpc) is 3.38. The molecule has 40 heavy (non-hydrogen) atoms. The molecule has 0 saturated carbocycles. The van der Waals surface area contributed by atoms with E-state index in [0.29, 0.717) is 6.42 Å². The van der Waals surface area contributed by atoms with Gasteiger partial charge in [-0.1, -0.05) is 85.7 Å². The molecule has 2 atom stereocenters. The van der Waals surface area contributed by atoms with Crippen LogP contribution in [0.2, 0.25) is 0 Å². The first kappa shape index (κ1) is 26.3. The molecule has 206 valence electrons. The van der Waals surface area contributed by atoms with Crippen LogP contribution < -0.4 is 0 Å². The van der Waals surface area contributed by atoms with E-state index < -0.39 is 29.1 Å². The van der Waals surface area contributed by atoms with Crippen molar-refractivity contribution in [2.75, 3.05) is 27.4 Å². The third-order valence-electron chi connectivity index (χ3n) is 8.08. The number of hydrogen-bond acceptors (Lipinski definition) is 8. The van der Waals surface area contributed by atoms with Crippen LogP contribution >= 0.6 is 0 Å². The van der Waals surface area contributed by atoms with Gasteiger partial charge in [-0.2, -0.15) is 0 Å². The van der Waals surface area contributed by atoms with Crippen molar-refractivity contribution in [1.29, 1.82) is 0 Å². The SMILES string of the molecule is COC(=O)C1=C(C(=O)OC)[C@@]2(/C=C/c3ccc4ccc5cccc6ccc3c4c56)CC(C)(C)[C@H](OCCO)N2O1. The van der Waals surface area contributed by atoms with Crippen molar-refractivity contribution >= 4 is 50.3 Å². The molecule has 6 rings (SSSR count). The summed E-state index contributed by atoms with van der Waals surface area (Å²) in [7, 11) is 2.50. The van der Waals surface area contributed by atoms with Gasteiger partial charge in [0.1, 0.15) is 17.3 Å². The lowest BCUT2D eigenvalue weighted by atomic mass is 9.78. The summed E-state index contributed by atoms with van der Waals surface area (Å²) in [4.78, 5) is 32.1. The van der Waals surface area contributed by atoms with Gasteiger partial charge in [0.15, 0.2) is 0 Å². The van der Waals surface area contributed by atoms with E-state index in [-0.39, 0.29) is 24.5 Å². The highest BCUT2D eigenvalue weighted by Crippen LogP contribution is 2.56. The maximum absolute atomic E-state index is 13.3. The quantitative estimate of drug-likeness (QED) is 0.260. The van der Waals surface area contributed by atoms with Gasteiger partial charge in [-0.3, -0.25) is 0 Å². The van der Waals surface area contributed by atoms with Crippen LogP contribution in [0.4, 0.5) is 0 Å². The molecule has 2 aliphatic rings. The van der Waals surface area contributed by atoms with E-state index in [2.05, 4.69) is 54.6 Å². The van der Waals surface area contributed by atoms with Crippen LogP contribution in [-0.4, -0.2) is 61.3 Å². The van der Waals surface area contributed by atoms with E-state index >= 15 is 0 Å². The Morgan fingerprint density at radius 3 is 2.30 bits per heavy atom. The Morgan fingerprint density at radius 2 is 1.62 bits per heavy atom. The van der Waals surface area contributed by atoms with Crippen molar-refractivity contribution in [2.24, 2.45) is 5.41 Å². The van der Waals surface area contributed by atoms with E-state index in [1.165, 1.54) is 40.8 Å². The van der Waals surface area contributed by atoms with Gasteiger partial charge in [-0.05, 0) is 44.3 Å². The number of methoxy groups -OCH3 is 2. The van der Waals surface area contributed by atoms with Crippen molar-refractivity contribution in [3.63, 3.8) is 0 Å². The average molecular weight is 542 g/mol. The van der Waals surface area contributed by atoms with E-state index in [1.807, 2.05) is 26.0 Å². The molecule has 1 saturated heterocycles. The van der Waals surface area contributed by atoms with Crippen molar-refractivity contribution in [2.45, 2.75) is 32.0 Å². The topological polar surface area (TPSA) is 94.5 Å². The summed E-state index contributed by atoms with van der Waals surface area (Å²) >= 11 is 0. The first-order chi connectivity index (χ1) is 19.3. The molecule has 0 spiro atoms. The maximum atomic E-state index is 13.3. The highest BCUT2D eigenvalue weighted by molar-refractivity contribution is 6.24. The lowest BCUT2D eigenvalue weighted by molar-refractivity contribution is -0.241. The van der Waals surface area contributed by atoms with Crippen LogP contribution in [0, 0.1) is 5.41 Å². The zero-order valence-electron chi connectivity index (χ0n) is 22.9. The second kappa shape index (κ2) is 9.59. The summed E-state index contributed by atoms with van der Waals surface area (Å²) < 4.78 is 16.1. The molecule has 0 aromatic heterocycles. The molecule has 2 heterocycles. The lowest BCUT2D eigenvalue weighted by Crippen LogP contribution is -2.46. The number of carbonyl (C=O) groups excluding carboxylic acids is 2. The number of esters is 2. The van der Waals surface area contributed by atoms with Crippen LogP contribution in [0.1, 0.15) is 25.8 Å². The summed E-state index contributed by atoms with van der Waals surface area (Å²) in [5.41, 5.74) is -0.708. The molecule has 0 aliphatic carbocycles. The molecule has 0 amide bonds. The smallest absolute Gasteiger partial charge is 0.376 e. The largest absolute Gasteiger partial charge is 0.465 e. The molecule has 1 N–H and O–H groups in total. The molecule has 4 aromatic carbocycles. The van der Waals surface area contributed by atoms with Crippen LogP contribution in [-0.2, 0) is 28.6 Å². The van der Waals surface area contributed by atoms with Crippen LogP contribution in [0.3, 0.4) is 0 Å². The summed E-state index contributed by atoms with van der Waals surface area (Å²) in [6, 6.07) is 19.0. The summed E-state index contributed by atoms with van der Waals surface area (Å²) in [5, 5.41) is 17.9. The number of benzene rings is 4. The Hall–Kier alpha value is -3.98. The summed E-state index contributed by atoms with van der Waals surface area (Å²) in [5.74, 6) is -1.71. The molecular weight excluding hydrogens is 510 g/mol. The minimum absolute atomic E-state index is 0.0546. The fourth-order valence-electron chi connectivity index (χ4n) is 6.46. The Labute approximate surface area is 231 Å².